The third kappa shape index (κ3) is 4.46. The van der Waals surface area contributed by atoms with Gasteiger partial charge in [-0.05, 0) is 43.9 Å². The van der Waals surface area contributed by atoms with Gasteiger partial charge in [0.05, 0.1) is 6.54 Å². The summed E-state index contributed by atoms with van der Waals surface area (Å²) >= 11 is 0. The normalized spacial score (nSPS) is 16.8. The molecule has 0 saturated heterocycles. The SMILES string of the molecule is CC(=O)CN(C)Cc1ccc(C2CCCCC2)cc1. The molecule has 2 heteroatoms. The predicted octanol–water partition coefficient (Wildman–Crippen LogP) is 3.76. The number of hydrogen-bond acceptors (Lipinski definition) is 2. The van der Waals surface area contributed by atoms with Crippen LogP contribution in [-0.2, 0) is 11.3 Å². The Morgan fingerprint density at radius 3 is 2.37 bits per heavy atom. The van der Waals surface area contributed by atoms with Gasteiger partial charge >= 0.3 is 0 Å². The van der Waals surface area contributed by atoms with E-state index in [1.807, 2.05) is 7.05 Å². The Kier molecular flexibility index (Phi) is 5.15. The van der Waals surface area contributed by atoms with Crippen molar-refractivity contribution in [2.75, 3.05) is 13.6 Å². The van der Waals surface area contributed by atoms with Crippen LogP contribution in [0.1, 0.15) is 56.1 Å². The lowest BCUT2D eigenvalue weighted by Crippen LogP contribution is -2.23. The van der Waals surface area contributed by atoms with Gasteiger partial charge in [0.2, 0.25) is 0 Å². The van der Waals surface area contributed by atoms with Gasteiger partial charge in [0, 0.05) is 6.54 Å². The van der Waals surface area contributed by atoms with Crippen LogP contribution in [0.2, 0.25) is 0 Å². The lowest BCUT2D eigenvalue weighted by Gasteiger charge is -2.22. The average Bonchev–Trinajstić information content (AvgIpc) is 2.39. The zero-order valence-electron chi connectivity index (χ0n) is 12.2. The van der Waals surface area contributed by atoms with Gasteiger partial charge in [-0.2, -0.15) is 0 Å². The van der Waals surface area contributed by atoms with E-state index >= 15 is 0 Å². The molecule has 1 aliphatic carbocycles. The van der Waals surface area contributed by atoms with Crippen molar-refractivity contribution >= 4 is 5.78 Å². The number of carbonyl (C=O) groups excluding carboxylic acids is 1. The monoisotopic (exact) mass is 259 g/mol. The van der Waals surface area contributed by atoms with E-state index in [1.54, 1.807) is 6.92 Å². The first-order valence-electron chi connectivity index (χ1n) is 7.42. The molecule has 0 bridgehead atoms. The van der Waals surface area contributed by atoms with Crippen LogP contribution in [-0.4, -0.2) is 24.3 Å². The second-order valence-electron chi connectivity index (χ2n) is 5.95. The first kappa shape index (κ1) is 14.3. The Balaban J connectivity index is 1.92. The van der Waals surface area contributed by atoms with Crippen molar-refractivity contribution < 1.29 is 4.79 Å². The molecule has 1 aromatic carbocycles. The fourth-order valence-electron chi connectivity index (χ4n) is 3.08. The van der Waals surface area contributed by atoms with Gasteiger partial charge in [0.15, 0.2) is 0 Å². The molecule has 0 aliphatic heterocycles. The van der Waals surface area contributed by atoms with Gasteiger partial charge in [-0.25, -0.2) is 0 Å². The van der Waals surface area contributed by atoms with E-state index in [4.69, 9.17) is 0 Å². The summed E-state index contributed by atoms with van der Waals surface area (Å²) in [6.45, 7) is 3.03. The molecule has 0 N–H and O–H groups in total. The maximum atomic E-state index is 11.1. The van der Waals surface area contributed by atoms with Crippen molar-refractivity contribution in [1.29, 1.82) is 0 Å². The van der Waals surface area contributed by atoms with Crippen molar-refractivity contribution in [2.45, 2.75) is 51.5 Å². The molecular formula is C17H25NO. The van der Waals surface area contributed by atoms with Crippen molar-refractivity contribution in [1.82, 2.24) is 4.90 Å². The van der Waals surface area contributed by atoms with Gasteiger partial charge in [-0.3, -0.25) is 9.69 Å². The second-order valence-corrected chi connectivity index (χ2v) is 5.95. The van der Waals surface area contributed by atoms with Crippen LogP contribution in [0.5, 0.6) is 0 Å². The molecule has 2 nitrogen and oxygen atoms in total. The summed E-state index contributed by atoms with van der Waals surface area (Å²) in [5, 5.41) is 0. The molecule has 1 fully saturated rings. The highest BCUT2D eigenvalue weighted by Crippen LogP contribution is 2.32. The standard InChI is InChI=1S/C17H25NO/c1-14(19)12-18(2)13-15-8-10-17(11-9-15)16-6-4-3-5-7-16/h8-11,16H,3-7,12-13H2,1-2H3. The largest absolute Gasteiger partial charge is 0.299 e. The zero-order valence-corrected chi connectivity index (χ0v) is 12.2. The molecule has 0 aromatic heterocycles. The van der Waals surface area contributed by atoms with E-state index in [0.717, 1.165) is 12.5 Å². The topological polar surface area (TPSA) is 20.3 Å². The third-order valence-corrected chi connectivity index (χ3v) is 4.00. The van der Waals surface area contributed by atoms with Crippen LogP contribution in [0, 0.1) is 0 Å². The van der Waals surface area contributed by atoms with Crippen LogP contribution in [0.15, 0.2) is 24.3 Å². The number of likely N-dealkylation sites (N-methyl/N-ethyl adjacent to an activating group) is 1. The highest BCUT2D eigenvalue weighted by molar-refractivity contribution is 5.77. The summed E-state index contributed by atoms with van der Waals surface area (Å²) in [5.41, 5.74) is 2.79. The molecule has 0 radical (unpaired) electrons. The van der Waals surface area contributed by atoms with Crippen LogP contribution in [0.25, 0.3) is 0 Å². The Hall–Kier alpha value is -1.15. The number of hydrogen-bond donors (Lipinski definition) is 0. The number of ketones is 1. The van der Waals surface area contributed by atoms with Gasteiger partial charge in [0.1, 0.15) is 5.78 Å². The lowest BCUT2D eigenvalue weighted by molar-refractivity contribution is -0.117. The predicted molar refractivity (Wildman–Crippen MR) is 79.3 cm³/mol. The highest BCUT2D eigenvalue weighted by atomic mass is 16.1. The molecule has 2 rings (SSSR count). The molecule has 19 heavy (non-hydrogen) atoms. The quantitative estimate of drug-likeness (QED) is 0.802. The van der Waals surface area contributed by atoms with Gasteiger partial charge in [0.25, 0.3) is 0 Å². The minimum Gasteiger partial charge on any atom is -0.299 e. The van der Waals surface area contributed by atoms with Crippen LogP contribution >= 0.6 is 0 Å². The fraction of sp³-hybridized carbons (Fsp3) is 0.588. The van der Waals surface area contributed by atoms with Crippen LogP contribution in [0.3, 0.4) is 0 Å². The molecule has 0 unspecified atom stereocenters. The van der Waals surface area contributed by atoms with Crippen molar-refractivity contribution in [3.63, 3.8) is 0 Å². The molecule has 1 aromatic rings. The van der Waals surface area contributed by atoms with Crippen LogP contribution in [0.4, 0.5) is 0 Å². The number of Topliss-reactive ketones (excluding diaryl/α,β-unsaturated/α-hetero) is 1. The number of benzene rings is 1. The van der Waals surface area contributed by atoms with E-state index in [9.17, 15) is 4.79 Å². The summed E-state index contributed by atoms with van der Waals surface area (Å²) in [6.07, 6.45) is 6.87. The number of carbonyl (C=O) groups is 1. The van der Waals surface area contributed by atoms with Crippen molar-refractivity contribution in [3.8, 4) is 0 Å². The van der Waals surface area contributed by atoms with Gasteiger partial charge in [-0.1, -0.05) is 43.5 Å². The third-order valence-electron chi connectivity index (χ3n) is 4.00. The average molecular weight is 259 g/mol. The Bertz CT molecular complexity index is 404. The van der Waals surface area contributed by atoms with E-state index < -0.39 is 0 Å². The van der Waals surface area contributed by atoms with Crippen molar-refractivity contribution in [2.24, 2.45) is 0 Å². The minimum atomic E-state index is 0.223. The maximum absolute atomic E-state index is 11.1. The summed E-state index contributed by atoms with van der Waals surface area (Å²) in [7, 11) is 2.00. The maximum Gasteiger partial charge on any atom is 0.143 e. The fourth-order valence-corrected chi connectivity index (χ4v) is 3.08. The molecular weight excluding hydrogens is 234 g/mol. The van der Waals surface area contributed by atoms with E-state index in [-0.39, 0.29) is 5.78 Å². The van der Waals surface area contributed by atoms with Crippen LogP contribution < -0.4 is 0 Å². The first-order valence-corrected chi connectivity index (χ1v) is 7.42. The van der Waals surface area contributed by atoms with E-state index in [2.05, 4.69) is 29.2 Å². The highest BCUT2D eigenvalue weighted by Gasteiger charge is 2.15. The Morgan fingerprint density at radius 2 is 1.79 bits per heavy atom. The number of nitrogens with zero attached hydrogens (tertiary/aromatic N) is 1. The first-order chi connectivity index (χ1) is 9.15. The van der Waals surface area contributed by atoms with E-state index in [0.29, 0.717) is 6.54 Å². The molecule has 104 valence electrons. The summed E-state index contributed by atoms with van der Waals surface area (Å²) in [6, 6.07) is 9.01. The van der Waals surface area contributed by atoms with Crippen molar-refractivity contribution in [3.05, 3.63) is 35.4 Å². The molecule has 1 saturated carbocycles. The molecule has 1 aliphatic rings. The van der Waals surface area contributed by atoms with Gasteiger partial charge in [-0.15, -0.1) is 0 Å². The number of rotatable bonds is 5. The molecule has 0 amide bonds. The molecule has 0 atom stereocenters. The van der Waals surface area contributed by atoms with Gasteiger partial charge < -0.3 is 0 Å². The molecule has 0 heterocycles. The Labute approximate surface area is 116 Å². The Morgan fingerprint density at radius 1 is 1.16 bits per heavy atom. The minimum absolute atomic E-state index is 0.223. The summed E-state index contributed by atoms with van der Waals surface area (Å²) in [4.78, 5) is 13.1. The summed E-state index contributed by atoms with van der Waals surface area (Å²) in [5.74, 6) is 0.999. The smallest absolute Gasteiger partial charge is 0.143 e. The summed E-state index contributed by atoms with van der Waals surface area (Å²) < 4.78 is 0. The zero-order chi connectivity index (χ0) is 13.7. The second kappa shape index (κ2) is 6.85. The van der Waals surface area contributed by atoms with E-state index in [1.165, 1.54) is 43.2 Å². The lowest BCUT2D eigenvalue weighted by atomic mass is 9.84. The molecule has 0 spiro atoms.